The molecule has 0 aliphatic carbocycles. The Kier molecular flexibility index (Phi) is 8.97. The normalized spacial score (nSPS) is 12.1. The lowest BCUT2D eigenvalue weighted by molar-refractivity contribution is 0.0819. The number of alkyl halides is 2. The predicted octanol–water partition coefficient (Wildman–Crippen LogP) is 2.55. The second-order valence-electron chi connectivity index (χ2n) is 4.97. The lowest BCUT2D eigenvalue weighted by Gasteiger charge is -2.31. The summed E-state index contributed by atoms with van der Waals surface area (Å²) in [6.07, 6.45) is -1.45. The fourth-order valence-electron chi connectivity index (χ4n) is 1.94. The highest BCUT2D eigenvalue weighted by molar-refractivity contribution is 7.89. The van der Waals surface area contributed by atoms with Gasteiger partial charge in [-0.05, 0) is 37.1 Å². The van der Waals surface area contributed by atoms with Crippen LogP contribution in [0.1, 0.15) is 26.7 Å². The molecular formula is C14H23ClF2N2O3S. The van der Waals surface area contributed by atoms with Crippen molar-refractivity contribution < 1.29 is 21.9 Å². The van der Waals surface area contributed by atoms with E-state index in [2.05, 4.69) is 4.72 Å². The first kappa shape index (κ1) is 22.0. The van der Waals surface area contributed by atoms with E-state index < -0.39 is 28.6 Å². The van der Waals surface area contributed by atoms with Crippen LogP contribution in [0.3, 0.4) is 0 Å². The molecule has 0 aliphatic heterocycles. The van der Waals surface area contributed by atoms with Crippen LogP contribution in [0, 0.1) is 0 Å². The highest BCUT2D eigenvalue weighted by Gasteiger charge is 2.30. The largest absolute Gasteiger partial charge is 0.488 e. The minimum absolute atomic E-state index is 0. The SMILES string of the molecule is CCC(CC)(CN)NS(=O)(=O)c1ccc(OCC(F)F)cc1.Cl. The van der Waals surface area contributed by atoms with Gasteiger partial charge in [-0.3, -0.25) is 0 Å². The van der Waals surface area contributed by atoms with Crippen LogP contribution in [0.15, 0.2) is 29.2 Å². The van der Waals surface area contributed by atoms with E-state index in [-0.39, 0.29) is 29.6 Å². The smallest absolute Gasteiger partial charge is 0.272 e. The molecule has 1 aromatic rings. The van der Waals surface area contributed by atoms with E-state index in [0.29, 0.717) is 12.8 Å². The molecule has 0 saturated heterocycles. The molecule has 0 fully saturated rings. The van der Waals surface area contributed by atoms with E-state index in [0.717, 1.165) is 0 Å². The maximum atomic E-state index is 12.4. The third-order valence-electron chi connectivity index (χ3n) is 3.61. The van der Waals surface area contributed by atoms with Gasteiger partial charge in [-0.25, -0.2) is 21.9 Å². The third kappa shape index (κ3) is 6.21. The first-order valence-electron chi connectivity index (χ1n) is 7.03. The standard InChI is InChI=1S/C14H22F2N2O3S.ClH/c1-3-14(4-2,10-17)18-22(19,20)12-7-5-11(6-8-12)21-9-13(15)16;/h5-8,13,18H,3-4,9-10,17H2,1-2H3;1H. The molecule has 0 aliphatic rings. The molecule has 9 heteroatoms. The molecular weight excluding hydrogens is 350 g/mol. The van der Waals surface area contributed by atoms with Crippen molar-refractivity contribution in [2.24, 2.45) is 5.73 Å². The van der Waals surface area contributed by atoms with E-state index in [1.807, 2.05) is 13.8 Å². The molecule has 0 bridgehead atoms. The summed E-state index contributed by atoms with van der Waals surface area (Å²) in [4.78, 5) is 0.0385. The number of rotatable bonds is 9. The summed E-state index contributed by atoms with van der Waals surface area (Å²) in [5.74, 6) is 0.190. The van der Waals surface area contributed by atoms with Crippen molar-refractivity contribution in [3.8, 4) is 5.75 Å². The summed E-state index contributed by atoms with van der Waals surface area (Å²) in [6.45, 7) is 3.18. The number of benzene rings is 1. The monoisotopic (exact) mass is 372 g/mol. The molecule has 0 spiro atoms. The van der Waals surface area contributed by atoms with E-state index >= 15 is 0 Å². The van der Waals surface area contributed by atoms with E-state index in [1.165, 1.54) is 24.3 Å². The van der Waals surface area contributed by atoms with Gasteiger partial charge < -0.3 is 10.5 Å². The number of nitrogens with two attached hydrogens (primary N) is 1. The molecule has 0 saturated carbocycles. The molecule has 3 N–H and O–H groups in total. The molecule has 0 heterocycles. The number of ether oxygens (including phenoxy) is 1. The van der Waals surface area contributed by atoms with Crippen molar-refractivity contribution in [2.75, 3.05) is 13.2 Å². The first-order valence-corrected chi connectivity index (χ1v) is 8.52. The number of sulfonamides is 1. The quantitative estimate of drug-likeness (QED) is 0.698. The third-order valence-corrected chi connectivity index (χ3v) is 5.20. The summed E-state index contributed by atoms with van der Waals surface area (Å²) in [7, 11) is -3.74. The summed E-state index contributed by atoms with van der Waals surface area (Å²) < 4.78 is 56.3. The lowest BCUT2D eigenvalue weighted by atomic mass is 9.95. The van der Waals surface area contributed by atoms with Gasteiger partial charge in [0.1, 0.15) is 12.4 Å². The summed E-state index contributed by atoms with van der Waals surface area (Å²) in [5.41, 5.74) is 5.00. The fraction of sp³-hybridized carbons (Fsp3) is 0.571. The Morgan fingerprint density at radius 3 is 2.13 bits per heavy atom. The Bertz CT molecular complexity index is 556. The van der Waals surface area contributed by atoms with Crippen molar-refractivity contribution in [1.82, 2.24) is 4.72 Å². The second-order valence-corrected chi connectivity index (χ2v) is 6.65. The molecule has 5 nitrogen and oxygen atoms in total. The van der Waals surface area contributed by atoms with Gasteiger partial charge in [0, 0.05) is 12.1 Å². The Morgan fingerprint density at radius 1 is 1.22 bits per heavy atom. The van der Waals surface area contributed by atoms with E-state index in [4.69, 9.17) is 10.5 Å². The van der Waals surface area contributed by atoms with Gasteiger partial charge in [0.05, 0.1) is 4.90 Å². The average Bonchev–Trinajstić information content (AvgIpc) is 2.51. The lowest BCUT2D eigenvalue weighted by Crippen LogP contribution is -2.52. The zero-order chi connectivity index (χ0) is 16.8. The zero-order valence-electron chi connectivity index (χ0n) is 13.1. The maximum absolute atomic E-state index is 12.4. The van der Waals surface area contributed by atoms with Gasteiger partial charge in [-0.15, -0.1) is 12.4 Å². The Labute approximate surface area is 142 Å². The molecule has 1 rings (SSSR count). The van der Waals surface area contributed by atoms with Crippen molar-refractivity contribution in [2.45, 2.75) is 43.5 Å². The average molecular weight is 373 g/mol. The van der Waals surface area contributed by atoms with Crippen LogP contribution < -0.4 is 15.2 Å². The predicted molar refractivity (Wildman–Crippen MR) is 87.9 cm³/mol. The van der Waals surface area contributed by atoms with E-state index in [1.54, 1.807) is 0 Å². The summed E-state index contributed by atoms with van der Waals surface area (Å²) >= 11 is 0. The molecule has 134 valence electrons. The highest BCUT2D eigenvalue weighted by atomic mass is 35.5. The van der Waals surface area contributed by atoms with Gasteiger partial charge in [0.15, 0.2) is 0 Å². The molecule has 23 heavy (non-hydrogen) atoms. The Morgan fingerprint density at radius 2 is 1.74 bits per heavy atom. The first-order chi connectivity index (χ1) is 10.3. The Balaban J connectivity index is 0.00000484. The maximum Gasteiger partial charge on any atom is 0.272 e. The fourth-order valence-corrected chi connectivity index (χ4v) is 3.50. The van der Waals surface area contributed by atoms with Crippen LogP contribution in [0.25, 0.3) is 0 Å². The minimum Gasteiger partial charge on any atom is -0.488 e. The van der Waals surface area contributed by atoms with Gasteiger partial charge in [-0.1, -0.05) is 13.8 Å². The van der Waals surface area contributed by atoms with Crippen LogP contribution in [0.2, 0.25) is 0 Å². The number of hydrogen-bond donors (Lipinski definition) is 2. The number of halogens is 3. The van der Waals surface area contributed by atoms with Crippen LogP contribution in [0.5, 0.6) is 5.75 Å². The van der Waals surface area contributed by atoms with Crippen LogP contribution >= 0.6 is 12.4 Å². The van der Waals surface area contributed by atoms with Crippen molar-refractivity contribution in [3.05, 3.63) is 24.3 Å². The molecule has 1 aromatic carbocycles. The highest BCUT2D eigenvalue weighted by Crippen LogP contribution is 2.21. The Hall–Kier alpha value is -0.960. The topological polar surface area (TPSA) is 81.4 Å². The van der Waals surface area contributed by atoms with E-state index in [9.17, 15) is 17.2 Å². The van der Waals surface area contributed by atoms with Crippen molar-refractivity contribution in [1.29, 1.82) is 0 Å². The summed E-state index contributed by atoms with van der Waals surface area (Å²) in [5, 5.41) is 0. The molecule has 0 unspecified atom stereocenters. The molecule has 0 atom stereocenters. The molecule has 0 radical (unpaired) electrons. The van der Waals surface area contributed by atoms with Crippen LogP contribution in [0.4, 0.5) is 8.78 Å². The minimum atomic E-state index is -3.74. The van der Waals surface area contributed by atoms with Crippen LogP contribution in [-0.2, 0) is 10.0 Å². The number of nitrogens with one attached hydrogen (secondary N) is 1. The second kappa shape index (κ2) is 9.36. The van der Waals surface area contributed by atoms with Gasteiger partial charge in [0.2, 0.25) is 10.0 Å². The molecule has 0 aromatic heterocycles. The zero-order valence-corrected chi connectivity index (χ0v) is 14.7. The summed E-state index contributed by atoms with van der Waals surface area (Å²) in [6, 6.07) is 5.32. The van der Waals surface area contributed by atoms with Gasteiger partial charge in [0.25, 0.3) is 6.43 Å². The molecule has 0 amide bonds. The van der Waals surface area contributed by atoms with Gasteiger partial charge in [-0.2, -0.15) is 0 Å². The van der Waals surface area contributed by atoms with Crippen LogP contribution in [-0.4, -0.2) is 33.5 Å². The van der Waals surface area contributed by atoms with Crippen molar-refractivity contribution >= 4 is 22.4 Å². The van der Waals surface area contributed by atoms with Gasteiger partial charge >= 0.3 is 0 Å². The number of hydrogen-bond acceptors (Lipinski definition) is 4. The van der Waals surface area contributed by atoms with Crippen molar-refractivity contribution in [3.63, 3.8) is 0 Å².